The first kappa shape index (κ1) is 11.4. The van der Waals surface area contributed by atoms with Crippen molar-refractivity contribution in [3.63, 3.8) is 0 Å². The average molecular weight is 225 g/mol. The van der Waals surface area contributed by atoms with E-state index in [2.05, 4.69) is 0 Å². The van der Waals surface area contributed by atoms with Gasteiger partial charge in [0.25, 0.3) is 0 Å². The summed E-state index contributed by atoms with van der Waals surface area (Å²) in [7, 11) is 0. The molecular weight excluding hydrogens is 206 g/mol. The van der Waals surface area contributed by atoms with Gasteiger partial charge in [-0.25, -0.2) is 9.69 Å². The highest BCUT2D eigenvalue weighted by molar-refractivity contribution is 6.01. The van der Waals surface area contributed by atoms with Crippen LogP contribution in [0.3, 0.4) is 0 Å². The fourth-order valence-electron chi connectivity index (χ4n) is 2.75. The third-order valence-corrected chi connectivity index (χ3v) is 3.53. The van der Waals surface area contributed by atoms with Crippen molar-refractivity contribution in [1.29, 1.82) is 0 Å². The summed E-state index contributed by atoms with van der Waals surface area (Å²) in [6, 6.07) is 0. The van der Waals surface area contributed by atoms with E-state index in [1.54, 1.807) is 0 Å². The predicted octanol–water partition coefficient (Wildman–Crippen LogP) is 2.32. The maximum absolute atomic E-state index is 11.9. The third-order valence-electron chi connectivity index (χ3n) is 3.53. The average Bonchev–Trinajstić information content (AvgIpc) is 2.39. The Morgan fingerprint density at radius 3 is 2.69 bits per heavy atom. The number of likely N-dealkylation sites (tertiary alicyclic amines) is 1. The van der Waals surface area contributed by atoms with Crippen LogP contribution in [0.5, 0.6) is 0 Å². The number of β-lactam (4-membered cyclic amide) rings is 1. The van der Waals surface area contributed by atoms with Crippen LogP contribution in [-0.4, -0.2) is 28.0 Å². The number of hydrogen-bond donors (Lipinski definition) is 0. The predicted molar refractivity (Wildman–Crippen MR) is 58.8 cm³/mol. The van der Waals surface area contributed by atoms with Gasteiger partial charge in [-0.1, -0.05) is 6.42 Å². The second-order valence-corrected chi connectivity index (χ2v) is 5.96. The molecule has 4 nitrogen and oxygen atoms in total. The number of imide groups is 1. The van der Waals surface area contributed by atoms with Gasteiger partial charge in [0.2, 0.25) is 5.91 Å². The first-order valence-electron chi connectivity index (χ1n) is 5.83. The summed E-state index contributed by atoms with van der Waals surface area (Å²) in [5.74, 6) is -0.0192. The van der Waals surface area contributed by atoms with E-state index in [1.165, 1.54) is 4.90 Å². The summed E-state index contributed by atoms with van der Waals surface area (Å²) < 4.78 is 5.25. The van der Waals surface area contributed by atoms with Crippen molar-refractivity contribution in [2.24, 2.45) is 5.92 Å². The van der Waals surface area contributed by atoms with Crippen molar-refractivity contribution < 1.29 is 14.3 Å². The molecule has 16 heavy (non-hydrogen) atoms. The first-order chi connectivity index (χ1) is 7.26. The van der Waals surface area contributed by atoms with E-state index < -0.39 is 11.7 Å². The van der Waals surface area contributed by atoms with Gasteiger partial charge >= 0.3 is 6.09 Å². The summed E-state index contributed by atoms with van der Waals surface area (Å²) in [6.07, 6.45) is 2.35. The Bertz CT molecular complexity index is 345. The molecule has 0 aromatic rings. The topological polar surface area (TPSA) is 46.6 Å². The molecular formula is C12H19NO3. The highest BCUT2D eigenvalue weighted by Crippen LogP contribution is 2.49. The number of rotatable bonds is 0. The number of carbonyl (C=O) groups is 2. The summed E-state index contributed by atoms with van der Waals surface area (Å²) in [6.45, 7) is 7.41. The van der Waals surface area contributed by atoms with Crippen LogP contribution in [0.25, 0.3) is 0 Å². The lowest BCUT2D eigenvalue weighted by molar-refractivity contribution is -0.161. The van der Waals surface area contributed by atoms with E-state index in [0.29, 0.717) is 0 Å². The highest BCUT2D eigenvalue weighted by Gasteiger charge is 2.62. The quantitative estimate of drug-likeness (QED) is 0.594. The van der Waals surface area contributed by atoms with Crippen LogP contribution in [0.2, 0.25) is 0 Å². The summed E-state index contributed by atoms with van der Waals surface area (Å²) in [4.78, 5) is 25.0. The van der Waals surface area contributed by atoms with Crippen LogP contribution < -0.4 is 0 Å². The molecule has 1 saturated carbocycles. The van der Waals surface area contributed by atoms with Crippen molar-refractivity contribution >= 4 is 12.0 Å². The number of ether oxygens (including phenoxy) is 1. The van der Waals surface area contributed by atoms with E-state index in [0.717, 1.165) is 19.3 Å². The normalized spacial score (nSPS) is 33.4. The van der Waals surface area contributed by atoms with Crippen LogP contribution in [0.4, 0.5) is 4.79 Å². The van der Waals surface area contributed by atoms with Gasteiger partial charge in [-0.05, 0) is 40.5 Å². The van der Waals surface area contributed by atoms with Crippen molar-refractivity contribution in [3.05, 3.63) is 0 Å². The minimum absolute atomic E-state index is 0.0417. The van der Waals surface area contributed by atoms with Crippen LogP contribution >= 0.6 is 0 Å². The second kappa shape index (κ2) is 3.22. The molecule has 0 bridgehead atoms. The van der Waals surface area contributed by atoms with Crippen molar-refractivity contribution in [3.8, 4) is 0 Å². The van der Waals surface area contributed by atoms with Gasteiger partial charge in [0.1, 0.15) is 5.60 Å². The molecule has 1 heterocycles. The number of hydrogen-bond acceptors (Lipinski definition) is 3. The molecule has 2 amide bonds. The Balaban J connectivity index is 2.11. The standard InChI is InChI=1S/C12H19NO3/c1-11(2,3)16-10(15)13-9(14)8-6-5-7-12(8,13)4/h8H,5-7H2,1-4H3/t8-,12-/m0/s1. The Hall–Kier alpha value is -1.06. The second-order valence-electron chi connectivity index (χ2n) is 5.96. The Labute approximate surface area is 95.9 Å². The van der Waals surface area contributed by atoms with Crippen LogP contribution in [-0.2, 0) is 9.53 Å². The van der Waals surface area contributed by atoms with Gasteiger partial charge < -0.3 is 4.74 Å². The van der Waals surface area contributed by atoms with Crippen LogP contribution in [0, 0.1) is 5.92 Å². The van der Waals surface area contributed by atoms with Gasteiger partial charge in [0.05, 0.1) is 11.5 Å². The minimum Gasteiger partial charge on any atom is -0.443 e. The highest BCUT2D eigenvalue weighted by atomic mass is 16.6. The Morgan fingerprint density at radius 2 is 2.12 bits per heavy atom. The molecule has 0 spiro atoms. The molecule has 2 rings (SSSR count). The summed E-state index contributed by atoms with van der Waals surface area (Å²) in [5, 5.41) is 0. The van der Waals surface area contributed by atoms with Gasteiger partial charge in [-0.3, -0.25) is 4.79 Å². The van der Waals surface area contributed by atoms with Gasteiger partial charge in [0.15, 0.2) is 0 Å². The third kappa shape index (κ3) is 1.51. The van der Waals surface area contributed by atoms with Crippen LogP contribution in [0.1, 0.15) is 47.0 Å². The molecule has 0 aromatic carbocycles. The fourth-order valence-corrected chi connectivity index (χ4v) is 2.75. The van der Waals surface area contributed by atoms with E-state index in [4.69, 9.17) is 4.74 Å². The lowest BCUT2D eigenvalue weighted by atomic mass is 9.78. The van der Waals surface area contributed by atoms with Gasteiger partial charge in [-0.15, -0.1) is 0 Å². The van der Waals surface area contributed by atoms with Crippen molar-refractivity contribution in [2.45, 2.75) is 58.1 Å². The fraction of sp³-hybridized carbons (Fsp3) is 0.833. The maximum atomic E-state index is 11.9. The zero-order chi connectivity index (χ0) is 12.1. The van der Waals surface area contributed by atoms with Crippen molar-refractivity contribution in [1.82, 2.24) is 4.90 Å². The molecule has 0 unspecified atom stereocenters. The number of amides is 2. The number of carbonyl (C=O) groups excluding carboxylic acids is 2. The molecule has 0 aromatic heterocycles. The van der Waals surface area contributed by atoms with Crippen molar-refractivity contribution in [2.75, 3.05) is 0 Å². The molecule has 90 valence electrons. The van der Waals surface area contributed by atoms with E-state index in [1.807, 2.05) is 27.7 Å². The van der Waals surface area contributed by atoms with Crippen LogP contribution in [0.15, 0.2) is 0 Å². The Kier molecular flexibility index (Phi) is 2.30. The Morgan fingerprint density at radius 1 is 1.50 bits per heavy atom. The van der Waals surface area contributed by atoms with E-state index in [-0.39, 0.29) is 17.4 Å². The smallest absolute Gasteiger partial charge is 0.417 e. The monoisotopic (exact) mass is 225 g/mol. The lowest BCUT2D eigenvalue weighted by Gasteiger charge is -2.50. The SMILES string of the molecule is CC(C)(C)OC(=O)N1C(=O)[C@@H]2CCC[C@@]21C. The zero-order valence-electron chi connectivity index (χ0n) is 10.4. The molecule has 2 fully saturated rings. The summed E-state index contributed by atoms with van der Waals surface area (Å²) in [5.41, 5.74) is -0.823. The van der Waals surface area contributed by atoms with Gasteiger partial charge in [0, 0.05) is 0 Å². The first-order valence-corrected chi connectivity index (χ1v) is 5.83. The molecule has 2 atom stereocenters. The number of fused-ring (bicyclic) bond motifs is 1. The minimum atomic E-state index is -0.544. The largest absolute Gasteiger partial charge is 0.443 e. The number of nitrogens with zero attached hydrogens (tertiary/aromatic N) is 1. The molecule has 0 N–H and O–H groups in total. The zero-order valence-corrected chi connectivity index (χ0v) is 10.4. The molecule has 4 heteroatoms. The molecule has 0 radical (unpaired) electrons. The molecule has 1 saturated heterocycles. The molecule has 1 aliphatic heterocycles. The summed E-state index contributed by atoms with van der Waals surface area (Å²) >= 11 is 0. The van der Waals surface area contributed by atoms with Gasteiger partial charge in [-0.2, -0.15) is 0 Å². The molecule has 1 aliphatic carbocycles. The van der Waals surface area contributed by atoms with E-state index in [9.17, 15) is 9.59 Å². The lowest BCUT2D eigenvalue weighted by Crippen LogP contribution is -2.69. The van der Waals surface area contributed by atoms with E-state index >= 15 is 0 Å². The maximum Gasteiger partial charge on any atom is 0.417 e. The molecule has 2 aliphatic rings.